The Hall–Kier alpha value is -1.06. The number of aliphatic carboxylic acids is 2. The lowest BCUT2D eigenvalue weighted by Gasteiger charge is -2.51. The Balaban J connectivity index is 2.32. The van der Waals surface area contributed by atoms with Crippen LogP contribution in [0.4, 0.5) is 0 Å². The van der Waals surface area contributed by atoms with Crippen molar-refractivity contribution < 1.29 is 19.8 Å². The molecule has 24 heavy (non-hydrogen) atoms. The molecule has 2 N–H and O–H groups in total. The largest absolute Gasteiger partial charge is 0.481 e. The summed E-state index contributed by atoms with van der Waals surface area (Å²) in [7, 11) is 0. The minimum absolute atomic E-state index is 0.0667. The van der Waals surface area contributed by atoms with E-state index in [1.54, 1.807) is 0 Å². The van der Waals surface area contributed by atoms with Crippen LogP contribution >= 0.6 is 0 Å². The molecule has 0 aliphatic heterocycles. The average Bonchev–Trinajstić information content (AvgIpc) is 2.56. The highest BCUT2D eigenvalue weighted by atomic mass is 16.4. The molecule has 2 aliphatic carbocycles. The van der Waals surface area contributed by atoms with Gasteiger partial charge < -0.3 is 10.2 Å². The molecule has 0 radical (unpaired) electrons. The van der Waals surface area contributed by atoms with E-state index in [0.29, 0.717) is 11.8 Å². The van der Waals surface area contributed by atoms with E-state index >= 15 is 0 Å². The number of carbonyl (C=O) groups is 2. The highest BCUT2D eigenvalue weighted by Gasteiger charge is 2.52. The Morgan fingerprint density at radius 2 is 1.54 bits per heavy atom. The van der Waals surface area contributed by atoms with Gasteiger partial charge in [0, 0.05) is 0 Å². The molecule has 2 fully saturated rings. The van der Waals surface area contributed by atoms with Crippen LogP contribution in [-0.2, 0) is 9.59 Å². The van der Waals surface area contributed by atoms with Crippen molar-refractivity contribution in [2.45, 2.75) is 78.1 Å². The van der Waals surface area contributed by atoms with Crippen molar-refractivity contribution in [2.75, 3.05) is 0 Å². The van der Waals surface area contributed by atoms with Crippen LogP contribution < -0.4 is 0 Å². The third-order valence-corrected chi connectivity index (χ3v) is 6.64. The van der Waals surface area contributed by atoms with E-state index in [1.807, 2.05) is 0 Å². The number of fused-ring (bicyclic) bond motifs is 1. The summed E-state index contributed by atoms with van der Waals surface area (Å²) in [6, 6.07) is 0. The monoisotopic (exact) mass is 338 g/mol. The van der Waals surface area contributed by atoms with Crippen LogP contribution in [0.25, 0.3) is 0 Å². The van der Waals surface area contributed by atoms with Crippen molar-refractivity contribution in [3.8, 4) is 0 Å². The second kappa shape index (κ2) is 8.87. The molecule has 6 unspecified atom stereocenters. The Labute approximate surface area is 146 Å². The number of carboxylic acid groups (broad SMARTS) is 2. The normalized spacial score (nSPS) is 36.1. The van der Waals surface area contributed by atoms with E-state index in [1.165, 1.54) is 0 Å². The summed E-state index contributed by atoms with van der Waals surface area (Å²) < 4.78 is 0. The summed E-state index contributed by atoms with van der Waals surface area (Å²) in [5.74, 6) is -1.15. The molecule has 2 saturated carbocycles. The molecule has 0 heterocycles. The van der Waals surface area contributed by atoms with Crippen molar-refractivity contribution in [3.05, 3.63) is 0 Å². The third kappa shape index (κ3) is 4.12. The molecule has 0 bridgehead atoms. The van der Waals surface area contributed by atoms with Gasteiger partial charge in [-0.1, -0.05) is 52.4 Å². The minimum Gasteiger partial charge on any atom is -0.481 e. The van der Waals surface area contributed by atoms with Gasteiger partial charge in [0.05, 0.1) is 11.8 Å². The molecule has 2 rings (SSSR count). The Morgan fingerprint density at radius 1 is 0.917 bits per heavy atom. The number of carboxylic acids is 2. The Morgan fingerprint density at radius 3 is 2.12 bits per heavy atom. The first-order valence-electron chi connectivity index (χ1n) is 9.96. The maximum absolute atomic E-state index is 11.9. The first-order chi connectivity index (χ1) is 11.5. The molecule has 0 aromatic heterocycles. The average molecular weight is 338 g/mol. The molecule has 0 saturated heterocycles. The van der Waals surface area contributed by atoms with Crippen LogP contribution in [-0.4, -0.2) is 22.2 Å². The molecule has 4 nitrogen and oxygen atoms in total. The summed E-state index contributed by atoms with van der Waals surface area (Å²) >= 11 is 0. The fraction of sp³-hybridized carbons (Fsp3) is 0.900. The molecule has 0 aromatic carbocycles. The zero-order valence-electron chi connectivity index (χ0n) is 15.2. The van der Waals surface area contributed by atoms with Crippen LogP contribution in [0.5, 0.6) is 0 Å². The van der Waals surface area contributed by atoms with Crippen molar-refractivity contribution in [1.82, 2.24) is 0 Å². The quantitative estimate of drug-likeness (QED) is 0.665. The summed E-state index contributed by atoms with van der Waals surface area (Å²) in [6.45, 7) is 4.35. The van der Waals surface area contributed by atoms with Gasteiger partial charge in [-0.2, -0.15) is 0 Å². The fourth-order valence-electron chi connectivity index (χ4n) is 5.57. The van der Waals surface area contributed by atoms with Gasteiger partial charge in [0.1, 0.15) is 0 Å². The molecule has 6 atom stereocenters. The zero-order chi connectivity index (χ0) is 17.7. The van der Waals surface area contributed by atoms with Gasteiger partial charge in [0.15, 0.2) is 0 Å². The van der Waals surface area contributed by atoms with Crippen molar-refractivity contribution in [3.63, 3.8) is 0 Å². The van der Waals surface area contributed by atoms with Crippen molar-refractivity contribution >= 4 is 11.9 Å². The van der Waals surface area contributed by atoms with Crippen LogP contribution in [0.1, 0.15) is 78.1 Å². The minimum atomic E-state index is -0.702. The smallest absolute Gasteiger partial charge is 0.306 e. The summed E-state index contributed by atoms with van der Waals surface area (Å²) in [5, 5.41) is 19.5. The van der Waals surface area contributed by atoms with Crippen LogP contribution in [0.2, 0.25) is 0 Å². The number of rotatable bonds is 8. The fourth-order valence-corrected chi connectivity index (χ4v) is 5.57. The van der Waals surface area contributed by atoms with Crippen LogP contribution in [0.15, 0.2) is 0 Å². The van der Waals surface area contributed by atoms with E-state index < -0.39 is 11.9 Å². The van der Waals surface area contributed by atoms with E-state index in [-0.39, 0.29) is 23.7 Å². The third-order valence-electron chi connectivity index (χ3n) is 6.64. The predicted octanol–water partition coefficient (Wildman–Crippen LogP) is 4.82. The van der Waals surface area contributed by atoms with Crippen LogP contribution in [0.3, 0.4) is 0 Å². The molecular weight excluding hydrogens is 304 g/mol. The maximum atomic E-state index is 11.9. The number of hydrogen-bond donors (Lipinski definition) is 2. The van der Waals surface area contributed by atoms with Gasteiger partial charge in [-0.05, 0) is 49.4 Å². The zero-order valence-corrected chi connectivity index (χ0v) is 15.2. The van der Waals surface area contributed by atoms with Gasteiger partial charge in [-0.25, -0.2) is 0 Å². The second-order valence-electron chi connectivity index (χ2n) is 8.01. The van der Waals surface area contributed by atoms with Gasteiger partial charge in [0.2, 0.25) is 0 Å². The van der Waals surface area contributed by atoms with E-state index in [0.717, 1.165) is 64.2 Å². The summed E-state index contributed by atoms with van der Waals surface area (Å²) in [6.07, 6.45) is 9.86. The van der Waals surface area contributed by atoms with Gasteiger partial charge >= 0.3 is 11.9 Å². The molecule has 138 valence electrons. The van der Waals surface area contributed by atoms with E-state index in [4.69, 9.17) is 0 Å². The number of hydrogen-bond acceptors (Lipinski definition) is 2. The highest BCUT2D eigenvalue weighted by Crippen LogP contribution is 2.54. The molecule has 0 amide bonds. The lowest BCUT2D eigenvalue weighted by Crippen LogP contribution is -2.49. The molecule has 0 aromatic rings. The molecule has 0 spiro atoms. The predicted molar refractivity (Wildman–Crippen MR) is 93.7 cm³/mol. The first-order valence-corrected chi connectivity index (χ1v) is 9.96. The van der Waals surface area contributed by atoms with Gasteiger partial charge in [-0.3, -0.25) is 9.59 Å². The molecule has 2 aliphatic rings. The standard InChI is InChI=1S/C20H34O4/c1-3-5-8-13-12-17(20(23)24)15-10-7-11-16(19(21)22)18(15)14(13)9-6-4-2/h13-18H,3-12H2,1-2H3,(H,21,22)(H,23,24). The molecule has 4 heteroatoms. The van der Waals surface area contributed by atoms with Gasteiger partial charge in [0.25, 0.3) is 0 Å². The van der Waals surface area contributed by atoms with E-state index in [9.17, 15) is 19.8 Å². The van der Waals surface area contributed by atoms with Crippen LogP contribution in [0, 0.1) is 35.5 Å². The lowest BCUT2D eigenvalue weighted by molar-refractivity contribution is -0.161. The first kappa shape index (κ1) is 19.3. The topological polar surface area (TPSA) is 74.6 Å². The van der Waals surface area contributed by atoms with Crippen molar-refractivity contribution in [2.24, 2.45) is 35.5 Å². The summed E-state index contributed by atoms with van der Waals surface area (Å²) in [5.41, 5.74) is 0. The van der Waals surface area contributed by atoms with Crippen molar-refractivity contribution in [1.29, 1.82) is 0 Å². The maximum Gasteiger partial charge on any atom is 0.306 e. The Bertz CT molecular complexity index is 421. The SMILES string of the molecule is CCCCC1CC(C(=O)O)C2CCCC(C(=O)O)C2C1CCCC. The van der Waals surface area contributed by atoms with E-state index in [2.05, 4.69) is 13.8 Å². The highest BCUT2D eigenvalue weighted by molar-refractivity contribution is 5.73. The lowest BCUT2D eigenvalue weighted by atomic mass is 9.53. The second-order valence-corrected chi connectivity index (χ2v) is 8.01. The Kier molecular flexibility index (Phi) is 7.12. The van der Waals surface area contributed by atoms with Gasteiger partial charge in [-0.15, -0.1) is 0 Å². The molecular formula is C20H34O4. The summed E-state index contributed by atoms with van der Waals surface area (Å²) in [4.78, 5) is 23.8. The number of unbranched alkanes of at least 4 members (excludes halogenated alkanes) is 2.